The lowest BCUT2D eigenvalue weighted by Gasteiger charge is -2.12. The Morgan fingerprint density at radius 1 is 1.20 bits per heavy atom. The molecule has 6 nitrogen and oxygen atoms in total. The third-order valence-corrected chi connectivity index (χ3v) is 3.90. The number of nitrogens with one attached hydrogen (secondary N) is 2. The average molecular weight is 363 g/mol. The first-order chi connectivity index (χ1) is 12.0. The van der Waals surface area contributed by atoms with Crippen LogP contribution in [0.25, 0.3) is 0 Å². The summed E-state index contributed by atoms with van der Waals surface area (Å²) in [6.07, 6.45) is 3.44. The largest absolute Gasteiger partial charge is 0.465 e. The molecule has 0 aliphatic rings. The molecule has 0 saturated carbocycles. The fraction of sp³-hybridized carbons (Fsp3) is 0.389. The summed E-state index contributed by atoms with van der Waals surface area (Å²) in [7, 11) is 1.34. The van der Waals surface area contributed by atoms with E-state index in [9.17, 15) is 4.79 Å². The van der Waals surface area contributed by atoms with Crippen molar-refractivity contribution in [3.8, 4) is 0 Å². The number of rotatable bonds is 8. The first-order valence-corrected chi connectivity index (χ1v) is 8.65. The number of aryl methyl sites for hydroxylation is 1. The fourth-order valence-corrected chi connectivity index (χ4v) is 2.48. The summed E-state index contributed by atoms with van der Waals surface area (Å²) in [4.78, 5) is 20.4. The molecule has 0 bridgehead atoms. The summed E-state index contributed by atoms with van der Waals surface area (Å²) in [5.74, 6) is 1.58. The van der Waals surface area contributed by atoms with Crippen LogP contribution in [-0.4, -0.2) is 29.6 Å². The number of nitrogens with zero attached hydrogens (tertiary/aromatic N) is 2. The number of ether oxygens (including phenoxy) is 1. The highest BCUT2D eigenvalue weighted by Gasteiger charge is 2.10. The van der Waals surface area contributed by atoms with Crippen LogP contribution in [0.1, 0.15) is 42.4 Å². The predicted octanol–water partition coefficient (Wildman–Crippen LogP) is 4.57. The lowest BCUT2D eigenvalue weighted by atomic mass is 10.2. The van der Waals surface area contributed by atoms with Crippen LogP contribution in [0.15, 0.2) is 24.3 Å². The standard InChI is InChI=1S/C18H23ClN4O2/c1-4-5-6-9-20-16-11-17(22-12(2)21-16)23-15-10-13(18(24)25-3)7-8-14(15)19/h7-8,10-11H,4-6,9H2,1-3H3,(H2,20,21,22,23). The van der Waals surface area contributed by atoms with Gasteiger partial charge in [0.2, 0.25) is 0 Å². The van der Waals surface area contributed by atoms with Gasteiger partial charge in [-0.2, -0.15) is 0 Å². The molecule has 0 amide bonds. The van der Waals surface area contributed by atoms with Crippen LogP contribution in [0, 0.1) is 6.92 Å². The molecule has 2 rings (SSSR count). The topological polar surface area (TPSA) is 76.1 Å². The molecule has 1 aromatic carbocycles. The Hall–Kier alpha value is -2.34. The van der Waals surface area contributed by atoms with Gasteiger partial charge < -0.3 is 15.4 Å². The number of halogens is 1. The minimum absolute atomic E-state index is 0.415. The quantitative estimate of drug-likeness (QED) is 0.529. The summed E-state index contributed by atoms with van der Waals surface area (Å²) in [5.41, 5.74) is 0.998. The number of unbranched alkanes of at least 4 members (excludes halogenated alkanes) is 2. The fourth-order valence-electron chi connectivity index (χ4n) is 2.32. The molecule has 0 unspecified atom stereocenters. The zero-order valence-electron chi connectivity index (χ0n) is 14.7. The molecule has 0 aliphatic heterocycles. The van der Waals surface area contributed by atoms with Crippen molar-refractivity contribution in [2.45, 2.75) is 33.1 Å². The molecule has 0 spiro atoms. The van der Waals surface area contributed by atoms with Crippen LogP contribution in [0.2, 0.25) is 5.02 Å². The Labute approximate surface area is 153 Å². The highest BCUT2D eigenvalue weighted by atomic mass is 35.5. The Morgan fingerprint density at radius 3 is 2.68 bits per heavy atom. The van der Waals surface area contributed by atoms with E-state index in [1.807, 2.05) is 13.0 Å². The lowest BCUT2D eigenvalue weighted by Crippen LogP contribution is -2.07. The summed E-state index contributed by atoms with van der Waals surface area (Å²) >= 11 is 6.22. The first kappa shape index (κ1) is 19.0. The van der Waals surface area contributed by atoms with Gasteiger partial charge in [0.05, 0.1) is 23.4 Å². The van der Waals surface area contributed by atoms with Gasteiger partial charge in [-0.15, -0.1) is 0 Å². The van der Waals surface area contributed by atoms with Crippen LogP contribution < -0.4 is 10.6 Å². The van der Waals surface area contributed by atoms with Gasteiger partial charge in [-0.25, -0.2) is 14.8 Å². The molecule has 0 fully saturated rings. The van der Waals surface area contributed by atoms with E-state index >= 15 is 0 Å². The third kappa shape index (κ3) is 5.60. The van der Waals surface area contributed by atoms with Crippen LogP contribution in [0.3, 0.4) is 0 Å². The number of methoxy groups -OCH3 is 1. The average Bonchev–Trinajstić information content (AvgIpc) is 2.59. The number of hydrogen-bond donors (Lipinski definition) is 2. The maximum Gasteiger partial charge on any atom is 0.337 e. The number of hydrogen-bond acceptors (Lipinski definition) is 6. The first-order valence-electron chi connectivity index (χ1n) is 8.28. The monoisotopic (exact) mass is 362 g/mol. The van der Waals surface area contributed by atoms with E-state index in [1.54, 1.807) is 18.2 Å². The molecule has 25 heavy (non-hydrogen) atoms. The van der Waals surface area contributed by atoms with Gasteiger partial charge in [0, 0.05) is 12.6 Å². The number of aromatic nitrogens is 2. The summed E-state index contributed by atoms with van der Waals surface area (Å²) in [5, 5.41) is 6.93. The van der Waals surface area contributed by atoms with E-state index in [1.165, 1.54) is 20.0 Å². The molecular weight excluding hydrogens is 340 g/mol. The lowest BCUT2D eigenvalue weighted by molar-refractivity contribution is 0.0601. The van der Waals surface area contributed by atoms with E-state index in [4.69, 9.17) is 16.3 Å². The van der Waals surface area contributed by atoms with Gasteiger partial charge in [-0.3, -0.25) is 0 Å². The Bertz CT molecular complexity index is 737. The molecule has 2 N–H and O–H groups in total. The van der Waals surface area contributed by atoms with Crippen molar-refractivity contribution in [3.05, 3.63) is 40.7 Å². The summed E-state index contributed by atoms with van der Waals surface area (Å²) < 4.78 is 4.74. The third-order valence-electron chi connectivity index (χ3n) is 3.57. The SMILES string of the molecule is CCCCCNc1cc(Nc2cc(C(=O)OC)ccc2Cl)nc(C)n1. The van der Waals surface area contributed by atoms with Crippen LogP contribution >= 0.6 is 11.6 Å². The number of carbonyl (C=O) groups excluding carboxylic acids is 1. The normalized spacial score (nSPS) is 10.4. The molecule has 0 aliphatic carbocycles. The molecule has 7 heteroatoms. The highest BCUT2D eigenvalue weighted by molar-refractivity contribution is 6.33. The van der Waals surface area contributed by atoms with Crippen molar-refractivity contribution >= 4 is 34.9 Å². The Morgan fingerprint density at radius 2 is 1.96 bits per heavy atom. The van der Waals surface area contributed by atoms with Crippen LogP contribution in [0.4, 0.5) is 17.3 Å². The van der Waals surface area contributed by atoms with Crippen LogP contribution in [-0.2, 0) is 4.74 Å². The van der Waals surface area contributed by atoms with Crippen molar-refractivity contribution < 1.29 is 9.53 Å². The second-order valence-corrected chi connectivity index (χ2v) is 6.04. The molecule has 134 valence electrons. The minimum atomic E-state index is -0.420. The Balaban J connectivity index is 2.16. The highest BCUT2D eigenvalue weighted by Crippen LogP contribution is 2.27. The molecular formula is C18H23ClN4O2. The smallest absolute Gasteiger partial charge is 0.337 e. The molecule has 1 heterocycles. The summed E-state index contributed by atoms with van der Waals surface area (Å²) in [6.45, 7) is 4.86. The predicted molar refractivity (Wildman–Crippen MR) is 101 cm³/mol. The van der Waals surface area contributed by atoms with Gasteiger partial charge in [0.15, 0.2) is 0 Å². The van der Waals surface area contributed by atoms with Crippen molar-refractivity contribution in [1.82, 2.24) is 9.97 Å². The molecule has 0 radical (unpaired) electrons. The van der Waals surface area contributed by atoms with Crippen molar-refractivity contribution in [1.29, 1.82) is 0 Å². The van der Waals surface area contributed by atoms with E-state index in [0.29, 0.717) is 27.9 Å². The molecule has 1 aromatic heterocycles. The number of anilines is 3. The molecule has 2 aromatic rings. The zero-order valence-corrected chi connectivity index (χ0v) is 15.5. The van der Waals surface area contributed by atoms with Crippen molar-refractivity contribution in [2.75, 3.05) is 24.3 Å². The second-order valence-electron chi connectivity index (χ2n) is 5.63. The van der Waals surface area contributed by atoms with Gasteiger partial charge in [0.1, 0.15) is 17.5 Å². The maximum absolute atomic E-state index is 11.7. The van der Waals surface area contributed by atoms with E-state index in [-0.39, 0.29) is 0 Å². The van der Waals surface area contributed by atoms with E-state index in [0.717, 1.165) is 18.8 Å². The van der Waals surface area contributed by atoms with Crippen LogP contribution in [0.5, 0.6) is 0 Å². The maximum atomic E-state index is 11.7. The Kier molecular flexibility index (Phi) is 7.01. The van der Waals surface area contributed by atoms with Gasteiger partial charge >= 0.3 is 5.97 Å². The van der Waals surface area contributed by atoms with Crippen molar-refractivity contribution in [3.63, 3.8) is 0 Å². The number of carbonyl (C=O) groups is 1. The second kappa shape index (κ2) is 9.22. The number of esters is 1. The zero-order chi connectivity index (χ0) is 18.2. The van der Waals surface area contributed by atoms with E-state index < -0.39 is 5.97 Å². The number of benzene rings is 1. The summed E-state index contributed by atoms with van der Waals surface area (Å²) in [6, 6.07) is 6.72. The van der Waals surface area contributed by atoms with Crippen molar-refractivity contribution in [2.24, 2.45) is 0 Å². The van der Waals surface area contributed by atoms with Gasteiger partial charge in [0.25, 0.3) is 0 Å². The minimum Gasteiger partial charge on any atom is -0.465 e. The molecule has 0 saturated heterocycles. The van der Waals surface area contributed by atoms with Gasteiger partial charge in [-0.05, 0) is 31.5 Å². The van der Waals surface area contributed by atoms with Gasteiger partial charge in [-0.1, -0.05) is 31.4 Å². The van der Waals surface area contributed by atoms with E-state index in [2.05, 4.69) is 27.5 Å². The molecule has 0 atom stereocenters.